The molecule has 0 aliphatic heterocycles. The molecule has 0 bridgehead atoms. The quantitative estimate of drug-likeness (QED) is 0.612. The molecule has 1 unspecified atom stereocenters. The molecule has 1 heteroatoms. The van der Waals surface area contributed by atoms with E-state index in [1.807, 2.05) is 13.0 Å². The van der Waals surface area contributed by atoms with Crippen LogP contribution in [0.4, 0.5) is 0 Å². The van der Waals surface area contributed by atoms with Crippen LogP contribution in [0, 0.1) is 11.3 Å². The predicted octanol–water partition coefficient (Wildman–Crippen LogP) is 3.51. The molecular weight excluding hydrogens is 172 g/mol. The van der Waals surface area contributed by atoms with E-state index in [9.17, 15) is 4.79 Å². The third kappa shape index (κ3) is 2.34. The summed E-state index contributed by atoms with van der Waals surface area (Å²) in [6.45, 7) is 8.46. The molecule has 0 saturated carbocycles. The molecular formula is C13H20O. The third-order valence-electron chi connectivity index (χ3n) is 2.90. The molecule has 14 heavy (non-hydrogen) atoms. The Hall–Kier alpha value is -0.850. The van der Waals surface area contributed by atoms with Gasteiger partial charge in [0.25, 0.3) is 0 Å². The topological polar surface area (TPSA) is 17.1 Å². The van der Waals surface area contributed by atoms with Gasteiger partial charge >= 0.3 is 0 Å². The summed E-state index contributed by atoms with van der Waals surface area (Å²) in [7, 11) is 0. The Balaban J connectivity index is 2.92. The first-order valence-corrected chi connectivity index (χ1v) is 5.35. The van der Waals surface area contributed by atoms with E-state index in [0.29, 0.717) is 5.92 Å². The first-order chi connectivity index (χ1) is 6.47. The molecule has 1 nitrogen and oxygen atoms in total. The molecule has 0 aromatic heterocycles. The van der Waals surface area contributed by atoms with Crippen LogP contribution < -0.4 is 0 Å². The van der Waals surface area contributed by atoms with Gasteiger partial charge in [0.15, 0.2) is 5.78 Å². The van der Waals surface area contributed by atoms with Crippen molar-refractivity contribution in [1.82, 2.24) is 0 Å². The predicted molar refractivity (Wildman–Crippen MR) is 60.1 cm³/mol. The summed E-state index contributed by atoms with van der Waals surface area (Å²) in [5.74, 6) is 0.886. The minimum Gasteiger partial charge on any atom is -0.290 e. The van der Waals surface area contributed by atoms with Crippen LogP contribution in [0.15, 0.2) is 23.8 Å². The highest BCUT2D eigenvalue weighted by Gasteiger charge is 2.31. The van der Waals surface area contributed by atoms with Gasteiger partial charge in [0, 0.05) is 5.57 Å². The first-order valence-electron chi connectivity index (χ1n) is 5.35. The van der Waals surface area contributed by atoms with Crippen molar-refractivity contribution in [3.8, 4) is 0 Å². The van der Waals surface area contributed by atoms with Gasteiger partial charge in [0.2, 0.25) is 0 Å². The van der Waals surface area contributed by atoms with Crippen LogP contribution in [0.3, 0.4) is 0 Å². The Morgan fingerprint density at radius 1 is 1.57 bits per heavy atom. The molecule has 0 fully saturated rings. The summed E-state index contributed by atoms with van der Waals surface area (Å²) < 4.78 is 0. The lowest BCUT2D eigenvalue weighted by Gasteiger charge is -2.33. The fourth-order valence-corrected chi connectivity index (χ4v) is 2.34. The van der Waals surface area contributed by atoms with E-state index >= 15 is 0 Å². The highest BCUT2D eigenvalue weighted by Crippen LogP contribution is 2.39. The molecule has 1 rings (SSSR count). The second-order valence-corrected chi connectivity index (χ2v) is 4.91. The fraction of sp³-hybridized carbons (Fsp3) is 0.615. The van der Waals surface area contributed by atoms with Crippen molar-refractivity contribution in [2.45, 2.75) is 40.5 Å². The van der Waals surface area contributed by atoms with E-state index < -0.39 is 0 Å². The third-order valence-corrected chi connectivity index (χ3v) is 2.90. The number of hydrogen-bond acceptors (Lipinski definition) is 1. The number of carbonyl (C=O) groups is 1. The second kappa shape index (κ2) is 4.12. The van der Waals surface area contributed by atoms with Crippen molar-refractivity contribution in [3.63, 3.8) is 0 Å². The van der Waals surface area contributed by atoms with E-state index in [-0.39, 0.29) is 11.2 Å². The van der Waals surface area contributed by atoms with Crippen LogP contribution in [-0.2, 0) is 4.79 Å². The second-order valence-electron chi connectivity index (χ2n) is 4.91. The van der Waals surface area contributed by atoms with E-state index in [2.05, 4.69) is 26.8 Å². The molecule has 78 valence electrons. The van der Waals surface area contributed by atoms with Gasteiger partial charge in [-0.05, 0) is 37.2 Å². The molecule has 1 aliphatic rings. The van der Waals surface area contributed by atoms with Crippen LogP contribution in [0.5, 0.6) is 0 Å². The molecule has 0 spiro atoms. The van der Waals surface area contributed by atoms with Gasteiger partial charge in [0.05, 0.1) is 0 Å². The molecule has 0 aromatic carbocycles. The van der Waals surface area contributed by atoms with Crippen LogP contribution in [0.1, 0.15) is 40.5 Å². The number of carbonyl (C=O) groups excluding carboxylic acids is 1. The highest BCUT2D eigenvalue weighted by atomic mass is 16.1. The van der Waals surface area contributed by atoms with Crippen LogP contribution in [-0.4, -0.2) is 5.78 Å². The van der Waals surface area contributed by atoms with Crippen molar-refractivity contribution in [3.05, 3.63) is 23.8 Å². The molecule has 0 amide bonds. The summed E-state index contributed by atoms with van der Waals surface area (Å²) in [5, 5.41) is 0. The minimum atomic E-state index is 0.0499. The lowest BCUT2D eigenvalue weighted by Crippen LogP contribution is -2.26. The Labute approximate surface area is 86.9 Å². The largest absolute Gasteiger partial charge is 0.290 e. The summed E-state index contributed by atoms with van der Waals surface area (Å²) in [4.78, 5) is 11.8. The average molecular weight is 192 g/mol. The zero-order valence-electron chi connectivity index (χ0n) is 9.63. The zero-order valence-corrected chi connectivity index (χ0v) is 9.63. The molecule has 0 heterocycles. The van der Waals surface area contributed by atoms with Gasteiger partial charge < -0.3 is 0 Å². The first kappa shape index (κ1) is 11.2. The monoisotopic (exact) mass is 192 g/mol. The number of allylic oxidation sites excluding steroid dienone is 4. The summed E-state index contributed by atoms with van der Waals surface area (Å²) in [5.41, 5.74) is 1.04. The van der Waals surface area contributed by atoms with Gasteiger partial charge in [0.1, 0.15) is 0 Å². The standard InChI is InChI=1S/C13H20O/c1-5-6-12(14)11-8-7-10(2)9-13(11,3)4/h5-6,8,10H,7,9H2,1-4H3/b6-5+. The Morgan fingerprint density at radius 3 is 2.71 bits per heavy atom. The number of hydrogen-bond donors (Lipinski definition) is 0. The van der Waals surface area contributed by atoms with Crippen LogP contribution in [0.25, 0.3) is 0 Å². The SMILES string of the molecule is C/C=C/C(=O)C1=CCC(C)CC1(C)C. The van der Waals surface area contributed by atoms with Gasteiger partial charge in [-0.2, -0.15) is 0 Å². The lowest BCUT2D eigenvalue weighted by atomic mass is 9.70. The lowest BCUT2D eigenvalue weighted by molar-refractivity contribution is -0.112. The van der Waals surface area contributed by atoms with E-state index in [1.165, 1.54) is 0 Å². The van der Waals surface area contributed by atoms with Crippen molar-refractivity contribution >= 4 is 5.78 Å². The zero-order chi connectivity index (χ0) is 10.8. The van der Waals surface area contributed by atoms with Gasteiger partial charge in [-0.3, -0.25) is 4.79 Å². The van der Waals surface area contributed by atoms with Crippen LogP contribution in [0.2, 0.25) is 0 Å². The maximum Gasteiger partial charge on any atom is 0.181 e. The normalized spacial score (nSPS) is 26.3. The number of rotatable bonds is 2. The van der Waals surface area contributed by atoms with Crippen molar-refractivity contribution < 1.29 is 4.79 Å². The van der Waals surface area contributed by atoms with Gasteiger partial charge in [-0.15, -0.1) is 0 Å². The molecule has 0 saturated heterocycles. The maximum atomic E-state index is 11.8. The average Bonchev–Trinajstić information content (AvgIpc) is 2.01. The summed E-state index contributed by atoms with van der Waals surface area (Å²) >= 11 is 0. The smallest absolute Gasteiger partial charge is 0.181 e. The summed E-state index contributed by atoms with van der Waals surface area (Å²) in [6, 6.07) is 0. The summed E-state index contributed by atoms with van der Waals surface area (Å²) in [6.07, 6.45) is 7.77. The highest BCUT2D eigenvalue weighted by molar-refractivity contribution is 6.04. The van der Waals surface area contributed by atoms with Gasteiger partial charge in [-0.1, -0.05) is 32.9 Å². The van der Waals surface area contributed by atoms with Crippen molar-refractivity contribution in [2.24, 2.45) is 11.3 Å². The Kier molecular flexibility index (Phi) is 3.30. The molecule has 1 aliphatic carbocycles. The number of ketones is 1. The maximum absolute atomic E-state index is 11.8. The van der Waals surface area contributed by atoms with E-state index in [4.69, 9.17) is 0 Å². The molecule has 0 aromatic rings. The molecule has 1 atom stereocenters. The van der Waals surface area contributed by atoms with Crippen molar-refractivity contribution in [2.75, 3.05) is 0 Å². The van der Waals surface area contributed by atoms with Gasteiger partial charge in [-0.25, -0.2) is 0 Å². The fourth-order valence-electron chi connectivity index (χ4n) is 2.34. The van der Waals surface area contributed by atoms with Crippen molar-refractivity contribution in [1.29, 1.82) is 0 Å². The molecule has 0 radical (unpaired) electrons. The van der Waals surface area contributed by atoms with E-state index in [1.54, 1.807) is 6.08 Å². The Bertz CT molecular complexity index is 282. The Morgan fingerprint density at radius 2 is 2.21 bits per heavy atom. The van der Waals surface area contributed by atoms with E-state index in [0.717, 1.165) is 18.4 Å². The molecule has 0 N–H and O–H groups in total. The minimum absolute atomic E-state index is 0.0499. The van der Waals surface area contributed by atoms with Crippen LogP contribution >= 0.6 is 0 Å².